The van der Waals surface area contributed by atoms with Gasteiger partial charge in [-0.3, -0.25) is 4.79 Å². The molecule has 2 aromatic carbocycles. The Morgan fingerprint density at radius 2 is 1.83 bits per heavy atom. The Morgan fingerprint density at radius 1 is 1.06 bits per heavy atom. The van der Waals surface area contributed by atoms with Crippen LogP contribution in [0.3, 0.4) is 0 Å². The summed E-state index contributed by atoms with van der Waals surface area (Å²) in [4.78, 5) is 30.3. The number of amides is 1. The number of carbonyl (C=O) groups excluding carboxylic acids is 2. The molecular weight excluding hydrogens is 482 g/mol. The first-order valence-corrected chi connectivity index (χ1v) is 12.6. The second-order valence-electron chi connectivity index (χ2n) is 8.21. The van der Waals surface area contributed by atoms with Crippen LogP contribution < -0.4 is 10.5 Å². The second kappa shape index (κ2) is 9.40. The highest BCUT2D eigenvalue weighted by Gasteiger charge is 2.28. The van der Waals surface area contributed by atoms with Crippen LogP contribution in [-0.4, -0.2) is 31.9 Å². The van der Waals surface area contributed by atoms with Crippen LogP contribution >= 0.6 is 0 Å². The number of rotatable bonds is 6. The molecule has 2 aromatic heterocycles. The summed E-state index contributed by atoms with van der Waals surface area (Å²) in [5.74, 6) is -0.491. The first-order valence-electron chi connectivity index (χ1n) is 11.1. The fourth-order valence-electron chi connectivity index (χ4n) is 4.19. The van der Waals surface area contributed by atoms with Gasteiger partial charge in [0, 0.05) is 11.1 Å². The van der Waals surface area contributed by atoms with Gasteiger partial charge in [-0.15, -0.1) is 0 Å². The summed E-state index contributed by atoms with van der Waals surface area (Å²) in [6, 6.07) is 16.3. The number of hydrogen-bond donors (Lipinski definition) is 2. The zero-order chi connectivity index (χ0) is 25.3. The van der Waals surface area contributed by atoms with Crippen molar-refractivity contribution in [1.82, 2.24) is 4.98 Å². The van der Waals surface area contributed by atoms with E-state index in [2.05, 4.69) is 5.32 Å². The SMILES string of the molecule is NS(=O)(=O)c1ccc(NC(=O)COC(=O)c2c3c(nc4ccccc24)/C(=C/c2ccco2)CC3)cc1. The number of primary sulfonamides is 1. The van der Waals surface area contributed by atoms with Crippen molar-refractivity contribution in [3.05, 3.63) is 89.5 Å². The molecule has 0 saturated heterocycles. The Hall–Kier alpha value is -4.28. The number of furan rings is 1. The van der Waals surface area contributed by atoms with Crippen LogP contribution in [-0.2, 0) is 26.0 Å². The van der Waals surface area contributed by atoms with E-state index in [0.29, 0.717) is 40.8 Å². The predicted octanol–water partition coefficient (Wildman–Crippen LogP) is 3.76. The molecule has 2 heterocycles. The van der Waals surface area contributed by atoms with Crippen LogP contribution in [0, 0.1) is 0 Å². The number of carbonyl (C=O) groups is 2. The highest BCUT2D eigenvalue weighted by Crippen LogP contribution is 2.37. The van der Waals surface area contributed by atoms with Crippen molar-refractivity contribution in [3.8, 4) is 0 Å². The first kappa shape index (κ1) is 23.5. The first-order chi connectivity index (χ1) is 17.3. The maximum atomic E-state index is 13.2. The number of fused-ring (bicyclic) bond motifs is 2. The molecule has 3 N–H and O–H groups in total. The Balaban J connectivity index is 1.37. The van der Waals surface area contributed by atoms with Gasteiger partial charge in [0.25, 0.3) is 5.91 Å². The van der Waals surface area contributed by atoms with Gasteiger partial charge in [0.2, 0.25) is 10.0 Å². The summed E-state index contributed by atoms with van der Waals surface area (Å²) in [5.41, 5.74) is 3.83. The average Bonchev–Trinajstić information content (AvgIpc) is 3.51. The highest BCUT2D eigenvalue weighted by atomic mass is 32.2. The normalized spacial score (nSPS) is 14.1. The fourth-order valence-corrected chi connectivity index (χ4v) is 4.70. The van der Waals surface area contributed by atoms with Crippen LogP contribution in [0.4, 0.5) is 5.69 Å². The maximum absolute atomic E-state index is 13.2. The molecule has 182 valence electrons. The number of anilines is 1. The number of nitrogens with two attached hydrogens (primary N) is 1. The Bertz CT molecular complexity index is 1610. The van der Waals surface area contributed by atoms with E-state index in [-0.39, 0.29) is 4.90 Å². The standard InChI is InChI=1S/C26H21N3O6S/c27-36(32,33)19-10-8-17(9-11-19)28-23(30)15-35-26(31)24-20-5-1-2-6-22(20)29-25-16(7-12-21(24)25)14-18-4-3-13-34-18/h1-6,8-11,13-14H,7,12,15H2,(H,28,30)(H2,27,32,33)/b16-14+. The third kappa shape index (κ3) is 4.77. The average molecular weight is 504 g/mol. The molecular formula is C26H21N3O6S. The molecule has 0 spiro atoms. The quantitative estimate of drug-likeness (QED) is 0.382. The van der Waals surface area contributed by atoms with Crippen LogP contribution in [0.2, 0.25) is 0 Å². The number of sulfonamides is 1. The molecule has 1 amide bonds. The number of allylic oxidation sites excluding steroid dienone is 1. The largest absolute Gasteiger partial charge is 0.465 e. The molecule has 0 saturated carbocycles. The van der Waals surface area contributed by atoms with Gasteiger partial charge in [-0.1, -0.05) is 18.2 Å². The van der Waals surface area contributed by atoms with Crippen LogP contribution in [0.15, 0.2) is 76.2 Å². The molecule has 1 aliphatic carbocycles. The number of esters is 1. The van der Waals surface area contributed by atoms with E-state index in [4.69, 9.17) is 19.3 Å². The number of pyridine rings is 1. The monoisotopic (exact) mass is 503 g/mol. The van der Waals surface area contributed by atoms with Crippen LogP contribution in [0.1, 0.15) is 33.8 Å². The smallest absolute Gasteiger partial charge is 0.339 e. The van der Waals surface area contributed by atoms with Gasteiger partial charge < -0.3 is 14.5 Å². The van der Waals surface area contributed by atoms with Crippen LogP contribution in [0.25, 0.3) is 22.6 Å². The molecule has 4 aromatic rings. The van der Waals surface area contributed by atoms with E-state index in [0.717, 1.165) is 16.8 Å². The van der Waals surface area contributed by atoms with E-state index in [1.807, 2.05) is 30.3 Å². The van der Waals surface area contributed by atoms with Crippen molar-refractivity contribution in [1.29, 1.82) is 0 Å². The van der Waals surface area contributed by atoms with E-state index in [9.17, 15) is 18.0 Å². The van der Waals surface area contributed by atoms with Gasteiger partial charge in [0.15, 0.2) is 6.61 Å². The molecule has 0 bridgehead atoms. The van der Waals surface area contributed by atoms with Gasteiger partial charge in [-0.2, -0.15) is 0 Å². The van der Waals surface area contributed by atoms with Gasteiger partial charge >= 0.3 is 5.97 Å². The number of para-hydroxylation sites is 1. The molecule has 0 fully saturated rings. The number of ether oxygens (including phenoxy) is 1. The lowest BCUT2D eigenvalue weighted by molar-refractivity contribution is -0.119. The minimum absolute atomic E-state index is 0.0780. The number of benzene rings is 2. The molecule has 0 atom stereocenters. The molecule has 0 radical (unpaired) electrons. The Kier molecular flexibility index (Phi) is 6.13. The number of nitrogens with zero attached hydrogens (tertiary/aromatic N) is 1. The lowest BCUT2D eigenvalue weighted by Gasteiger charge is -2.12. The molecule has 5 rings (SSSR count). The topological polar surface area (TPSA) is 142 Å². The number of hydrogen-bond acceptors (Lipinski definition) is 7. The summed E-state index contributed by atoms with van der Waals surface area (Å²) in [6.07, 6.45) is 4.80. The maximum Gasteiger partial charge on any atom is 0.339 e. The van der Waals surface area contributed by atoms with Crippen molar-refractivity contribution in [2.45, 2.75) is 17.7 Å². The van der Waals surface area contributed by atoms with E-state index >= 15 is 0 Å². The summed E-state index contributed by atoms with van der Waals surface area (Å²) >= 11 is 0. The Labute approximate surface area is 206 Å². The zero-order valence-electron chi connectivity index (χ0n) is 18.9. The van der Waals surface area contributed by atoms with Crippen molar-refractivity contribution >= 4 is 50.1 Å². The minimum Gasteiger partial charge on any atom is -0.465 e. The summed E-state index contributed by atoms with van der Waals surface area (Å²) in [7, 11) is -3.84. The summed E-state index contributed by atoms with van der Waals surface area (Å²) < 4.78 is 33.6. The van der Waals surface area contributed by atoms with E-state index < -0.39 is 28.5 Å². The molecule has 36 heavy (non-hydrogen) atoms. The molecule has 1 aliphatic rings. The van der Waals surface area contributed by atoms with Crippen molar-refractivity contribution in [2.24, 2.45) is 5.14 Å². The third-order valence-electron chi connectivity index (χ3n) is 5.81. The summed E-state index contributed by atoms with van der Waals surface area (Å²) in [6.45, 7) is -0.518. The lowest BCUT2D eigenvalue weighted by Crippen LogP contribution is -2.22. The van der Waals surface area contributed by atoms with Crippen molar-refractivity contribution in [3.63, 3.8) is 0 Å². The van der Waals surface area contributed by atoms with E-state index in [1.54, 1.807) is 18.4 Å². The van der Waals surface area contributed by atoms with Gasteiger partial charge in [-0.05, 0) is 72.5 Å². The van der Waals surface area contributed by atoms with Crippen LogP contribution in [0.5, 0.6) is 0 Å². The van der Waals surface area contributed by atoms with Crippen molar-refractivity contribution < 1.29 is 27.2 Å². The van der Waals surface area contributed by atoms with Crippen molar-refractivity contribution in [2.75, 3.05) is 11.9 Å². The second-order valence-corrected chi connectivity index (χ2v) is 9.77. The van der Waals surface area contributed by atoms with Gasteiger partial charge in [0.1, 0.15) is 5.76 Å². The predicted molar refractivity (Wildman–Crippen MR) is 133 cm³/mol. The molecule has 9 nitrogen and oxygen atoms in total. The lowest BCUT2D eigenvalue weighted by atomic mass is 10.0. The third-order valence-corrected chi connectivity index (χ3v) is 6.74. The number of nitrogens with one attached hydrogen (secondary N) is 1. The zero-order valence-corrected chi connectivity index (χ0v) is 19.7. The van der Waals surface area contributed by atoms with Gasteiger partial charge in [-0.25, -0.2) is 23.3 Å². The Morgan fingerprint density at radius 3 is 2.56 bits per heavy atom. The fraction of sp³-hybridized carbons (Fsp3) is 0.115. The van der Waals surface area contributed by atoms with E-state index in [1.165, 1.54) is 24.3 Å². The highest BCUT2D eigenvalue weighted by molar-refractivity contribution is 7.89. The minimum atomic E-state index is -3.84. The number of aromatic nitrogens is 1. The molecule has 0 aliphatic heterocycles. The summed E-state index contributed by atoms with van der Waals surface area (Å²) in [5, 5.41) is 8.30. The molecule has 0 unspecified atom stereocenters. The molecule has 10 heteroatoms. The van der Waals surface area contributed by atoms with Gasteiger partial charge in [0.05, 0.1) is 27.9 Å².